The topological polar surface area (TPSA) is 73.8 Å². The Balaban J connectivity index is 1.56. The van der Waals surface area contributed by atoms with Crippen LogP contribution in [0.5, 0.6) is 11.6 Å². The van der Waals surface area contributed by atoms with E-state index in [1.54, 1.807) is 17.0 Å². The third-order valence-electron chi connectivity index (χ3n) is 4.74. The Labute approximate surface area is 190 Å². The van der Waals surface area contributed by atoms with Crippen molar-refractivity contribution in [3.8, 4) is 11.6 Å². The second-order valence-electron chi connectivity index (χ2n) is 7.90. The summed E-state index contributed by atoms with van der Waals surface area (Å²) < 4.78 is 52.5. The minimum Gasteiger partial charge on any atom is -0.475 e. The van der Waals surface area contributed by atoms with Crippen LogP contribution in [0.4, 0.5) is 13.2 Å². The molecular formula is C23H26F3N3O4. The predicted octanol–water partition coefficient (Wildman–Crippen LogP) is 4.13. The van der Waals surface area contributed by atoms with Gasteiger partial charge in [0.2, 0.25) is 11.8 Å². The van der Waals surface area contributed by atoms with Gasteiger partial charge in [0.15, 0.2) is 0 Å². The average molecular weight is 465 g/mol. The van der Waals surface area contributed by atoms with Crippen molar-refractivity contribution in [1.82, 2.24) is 14.9 Å². The lowest BCUT2D eigenvalue weighted by Gasteiger charge is -2.32. The van der Waals surface area contributed by atoms with Crippen molar-refractivity contribution in [2.24, 2.45) is 0 Å². The molecule has 1 aliphatic rings. The van der Waals surface area contributed by atoms with Crippen LogP contribution in [0.1, 0.15) is 36.8 Å². The van der Waals surface area contributed by atoms with Crippen LogP contribution >= 0.6 is 0 Å². The Kier molecular flexibility index (Phi) is 7.91. The molecule has 1 atom stereocenters. The van der Waals surface area contributed by atoms with Crippen molar-refractivity contribution >= 4 is 12.0 Å². The van der Waals surface area contributed by atoms with Gasteiger partial charge < -0.3 is 19.1 Å². The fourth-order valence-corrected chi connectivity index (χ4v) is 3.18. The molecule has 0 bridgehead atoms. The first-order chi connectivity index (χ1) is 15.6. The van der Waals surface area contributed by atoms with Gasteiger partial charge >= 0.3 is 6.36 Å². The van der Waals surface area contributed by atoms with Crippen molar-refractivity contribution in [3.63, 3.8) is 0 Å². The molecule has 2 heterocycles. The second-order valence-corrected chi connectivity index (χ2v) is 7.90. The van der Waals surface area contributed by atoms with Gasteiger partial charge in [0.25, 0.3) is 0 Å². The van der Waals surface area contributed by atoms with E-state index in [-0.39, 0.29) is 30.3 Å². The van der Waals surface area contributed by atoms with E-state index in [4.69, 9.17) is 9.47 Å². The molecule has 10 heteroatoms. The SMILES string of the molecule is Cc1cc(OCC2CN(C(=O)C=Cc3cccc(OC(F)(F)F)c3)CCO2)nc(C(C)C)n1. The first kappa shape index (κ1) is 24.5. The third kappa shape index (κ3) is 7.74. The highest BCUT2D eigenvalue weighted by molar-refractivity contribution is 5.91. The van der Waals surface area contributed by atoms with Crippen LogP contribution in [0.2, 0.25) is 0 Å². The van der Waals surface area contributed by atoms with Crippen LogP contribution in [-0.2, 0) is 9.53 Å². The molecule has 0 N–H and O–H groups in total. The van der Waals surface area contributed by atoms with Gasteiger partial charge in [0.05, 0.1) is 13.2 Å². The number of amides is 1. The molecule has 0 saturated carbocycles. The highest BCUT2D eigenvalue weighted by Gasteiger charge is 2.31. The Morgan fingerprint density at radius 1 is 1.30 bits per heavy atom. The molecule has 1 saturated heterocycles. The minimum atomic E-state index is -4.77. The van der Waals surface area contributed by atoms with Gasteiger partial charge in [-0.15, -0.1) is 13.2 Å². The molecular weight excluding hydrogens is 439 g/mol. The fraction of sp³-hybridized carbons (Fsp3) is 0.435. The van der Waals surface area contributed by atoms with Crippen LogP contribution in [0.25, 0.3) is 6.08 Å². The van der Waals surface area contributed by atoms with Gasteiger partial charge in [-0.25, -0.2) is 4.98 Å². The van der Waals surface area contributed by atoms with Gasteiger partial charge in [0.1, 0.15) is 24.3 Å². The van der Waals surface area contributed by atoms with Crippen molar-refractivity contribution in [2.75, 3.05) is 26.3 Å². The van der Waals surface area contributed by atoms with Gasteiger partial charge in [-0.2, -0.15) is 4.98 Å². The highest BCUT2D eigenvalue weighted by Crippen LogP contribution is 2.24. The van der Waals surface area contributed by atoms with Crippen molar-refractivity contribution in [1.29, 1.82) is 0 Å². The number of morpholine rings is 1. The summed E-state index contributed by atoms with van der Waals surface area (Å²) in [6, 6.07) is 7.16. The van der Waals surface area contributed by atoms with E-state index in [0.717, 1.165) is 5.69 Å². The summed E-state index contributed by atoms with van der Waals surface area (Å²) in [5, 5.41) is 0. The van der Waals surface area contributed by atoms with Crippen LogP contribution < -0.4 is 9.47 Å². The summed E-state index contributed by atoms with van der Waals surface area (Å²) in [6.45, 7) is 7.16. The molecule has 1 fully saturated rings. The number of benzene rings is 1. The maximum Gasteiger partial charge on any atom is 0.573 e. The largest absolute Gasteiger partial charge is 0.573 e. The monoisotopic (exact) mass is 465 g/mol. The van der Waals surface area contributed by atoms with E-state index in [0.29, 0.717) is 37.0 Å². The minimum absolute atomic E-state index is 0.166. The van der Waals surface area contributed by atoms with Crippen molar-refractivity contribution in [3.05, 3.63) is 53.5 Å². The summed E-state index contributed by atoms with van der Waals surface area (Å²) in [7, 11) is 0. The number of carbonyl (C=O) groups is 1. The molecule has 1 unspecified atom stereocenters. The van der Waals surface area contributed by atoms with Gasteiger partial charge in [-0.05, 0) is 30.7 Å². The van der Waals surface area contributed by atoms with E-state index in [1.165, 1.54) is 30.4 Å². The maximum absolute atomic E-state index is 12.6. The zero-order chi connectivity index (χ0) is 24.0. The van der Waals surface area contributed by atoms with Crippen LogP contribution in [0.3, 0.4) is 0 Å². The van der Waals surface area contributed by atoms with Crippen LogP contribution in [-0.4, -0.2) is 59.5 Å². The van der Waals surface area contributed by atoms with Gasteiger partial charge in [-0.3, -0.25) is 4.79 Å². The summed E-state index contributed by atoms with van der Waals surface area (Å²) in [6.07, 6.45) is -2.34. The maximum atomic E-state index is 12.6. The lowest BCUT2D eigenvalue weighted by atomic mass is 10.2. The molecule has 1 aliphatic heterocycles. The van der Waals surface area contributed by atoms with E-state index >= 15 is 0 Å². The average Bonchev–Trinajstić information content (AvgIpc) is 2.75. The van der Waals surface area contributed by atoms with Crippen molar-refractivity contribution in [2.45, 2.75) is 39.2 Å². The molecule has 2 aromatic rings. The second kappa shape index (κ2) is 10.7. The molecule has 3 rings (SSSR count). The summed E-state index contributed by atoms with van der Waals surface area (Å²) in [5.41, 5.74) is 1.22. The number of carbonyl (C=O) groups excluding carboxylic acids is 1. The van der Waals surface area contributed by atoms with Crippen LogP contribution in [0, 0.1) is 6.92 Å². The van der Waals surface area contributed by atoms with Gasteiger partial charge in [0, 0.05) is 30.3 Å². The Hall–Kier alpha value is -3.14. The Bertz CT molecular complexity index is 995. The predicted molar refractivity (Wildman–Crippen MR) is 115 cm³/mol. The molecule has 0 aliphatic carbocycles. The third-order valence-corrected chi connectivity index (χ3v) is 4.74. The number of halogens is 3. The summed E-state index contributed by atoms with van der Waals surface area (Å²) >= 11 is 0. The summed E-state index contributed by atoms with van der Waals surface area (Å²) in [5.74, 6) is 0.700. The number of hydrogen-bond donors (Lipinski definition) is 0. The van der Waals surface area contributed by atoms with E-state index < -0.39 is 6.36 Å². The standard InChI is InChI=1S/C23H26F3N3O4/c1-15(2)22-27-16(3)11-20(28-22)32-14-19-13-29(9-10-31-19)21(30)8-7-17-5-4-6-18(12-17)33-23(24,25)26/h4-8,11-12,15,19H,9-10,13-14H2,1-3H3. The first-order valence-electron chi connectivity index (χ1n) is 10.5. The molecule has 178 valence electrons. The van der Waals surface area contributed by atoms with Gasteiger partial charge in [-0.1, -0.05) is 26.0 Å². The quantitative estimate of drug-likeness (QED) is 0.573. The number of nitrogens with zero attached hydrogens (tertiary/aromatic N) is 3. The number of aromatic nitrogens is 2. The molecule has 33 heavy (non-hydrogen) atoms. The molecule has 1 aromatic heterocycles. The number of aryl methyl sites for hydroxylation is 1. The number of hydrogen-bond acceptors (Lipinski definition) is 6. The van der Waals surface area contributed by atoms with E-state index in [2.05, 4.69) is 14.7 Å². The van der Waals surface area contributed by atoms with E-state index in [9.17, 15) is 18.0 Å². The summed E-state index contributed by atoms with van der Waals surface area (Å²) in [4.78, 5) is 23.0. The van der Waals surface area contributed by atoms with E-state index in [1.807, 2.05) is 20.8 Å². The number of ether oxygens (including phenoxy) is 3. The zero-order valence-corrected chi connectivity index (χ0v) is 18.6. The molecule has 0 spiro atoms. The van der Waals surface area contributed by atoms with Crippen molar-refractivity contribution < 1.29 is 32.2 Å². The smallest absolute Gasteiger partial charge is 0.475 e. The Morgan fingerprint density at radius 2 is 2.09 bits per heavy atom. The molecule has 7 nitrogen and oxygen atoms in total. The first-order valence-corrected chi connectivity index (χ1v) is 10.5. The Morgan fingerprint density at radius 3 is 2.82 bits per heavy atom. The zero-order valence-electron chi connectivity index (χ0n) is 18.6. The fourth-order valence-electron chi connectivity index (χ4n) is 3.18. The lowest BCUT2D eigenvalue weighted by Crippen LogP contribution is -2.47. The highest BCUT2D eigenvalue weighted by atomic mass is 19.4. The molecule has 1 aromatic carbocycles. The van der Waals surface area contributed by atoms with Crippen LogP contribution in [0.15, 0.2) is 36.4 Å². The number of rotatable bonds is 7. The number of alkyl halides is 3. The molecule has 1 amide bonds. The molecule has 0 radical (unpaired) electrons. The normalized spacial score (nSPS) is 16.9. The lowest BCUT2D eigenvalue weighted by molar-refractivity contribution is -0.274.